The van der Waals surface area contributed by atoms with Crippen molar-refractivity contribution in [2.45, 2.75) is 31.7 Å². The van der Waals surface area contributed by atoms with E-state index in [9.17, 15) is 9.59 Å². The second-order valence-corrected chi connectivity index (χ2v) is 6.84. The predicted molar refractivity (Wildman–Crippen MR) is 91.5 cm³/mol. The normalized spacial score (nSPS) is 23.3. The number of likely N-dealkylation sites (N-methyl/N-ethyl adjacent to an activating group) is 1. The van der Waals surface area contributed by atoms with E-state index in [0.717, 1.165) is 38.2 Å². The largest absolute Gasteiger partial charge is 0.341 e. The van der Waals surface area contributed by atoms with Crippen molar-refractivity contribution >= 4 is 11.8 Å². The molecule has 2 aliphatic rings. The fourth-order valence-electron chi connectivity index (χ4n) is 3.73. The van der Waals surface area contributed by atoms with Crippen LogP contribution in [0.15, 0.2) is 24.4 Å². The summed E-state index contributed by atoms with van der Waals surface area (Å²) in [4.78, 5) is 35.0. The van der Waals surface area contributed by atoms with E-state index in [0.29, 0.717) is 19.0 Å². The molecule has 0 bridgehead atoms. The average molecular weight is 330 g/mol. The summed E-state index contributed by atoms with van der Waals surface area (Å²) in [6.45, 7) is 5.12. The molecule has 0 radical (unpaired) electrons. The van der Waals surface area contributed by atoms with Crippen LogP contribution < -0.4 is 0 Å². The second-order valence-electron chi connectivity index (χ2n) is 6.84. The van der Waals surface area contributed by atoms with Crippen molar-refractivity contribution in [1.29, 1.82) is 0 Å². The summed E-state index contributed by atoms with van der Waals surface area (Å²) < 4.78 is 0. The zero-order chi connectivity index (χ0) is 17.1. The minimum absolute atomic E-state index is 0.00942. The maximum atomic E-state index is 12.9. The molecule has 3 heterocycles. The fraction of sp³-hybridized carbons (Fsp3) is 0.611. The molecule has 1 atom stereocenters. The first-order chi connectivity index (χ1) is 11.6. The lowest BCUT2D eigenvalue weighted by Crippen LogP contribution is -2.60. The van der Waals surface area contributed by atoms with Gasteiger partial charge in [0, 0.05) is 57.5 Å². The summed E-state index contributed by atoms with van der Waals surface area (Å²) in [5, 5.41) is 0. The summed E-state index contributed by atoms with van der Waals surface area (Å²) in [6.07, 6.45) is 3.70. The molecule has 0 unspecified atom stereocenters. The number of amides is 2. The molecular formula is C18H26N4O2. The van der Waals surface area contributed by atoms with Gasteiger partial charge in [0.2, 0.25) is 11.8 Å². The van der Waals surface area contributed by atoms with E-state index >= 15 is 0 Å². The number of rotatable bonds is 2. The molecule has 2 amide bonds. The molecule has 1 aromatic rings. The Hall–Kier alpha value is -1.95. The Bertz CT molecular complexity index is 584. The van der Waals surface area contributed by atoms with E-state index in [2.05, 4.69) is 16.0 Å². The number of likely N-dealkylation sites (tertiary alicyclic amines) is 1. The van der Waals surface area contributed by atoms with Gasteiger partial charge in [-0.1, -0.05) is 6.07 Å². The van der Waals surface area contributed by atoms with Crippen LogP contribution in [0.25, 0.3) is 0 Å². The van der Waals surface area contributed by atoms with Crippen LogP contribution in [0.3, 0.4) is 0 Å². The quantitative estimate of drug-likeness (QED) is 0.810. The highest BCUT2D eigenvalue weighted by Gasteiger charge is 2.36. The number of hydrogen-bond donors (Lipinski definition) is 0. The highest BCUT2D eigenvalue weighted by molar-refractivity contribution is 5.87. The zero-order valence-corrected chi connectivity index (χ0v) is 14.5. The number of nitrogens with zero attached hydrogens (tertiary/aromatic N) is 4. The Morgan fingerprint density at radius 1 is 1.12 bits per heavy atom. The van der Waals surface area contributed by atoms with Crippen molar-refractivity contribution in [3.05, 3.63) is 30.1 Å². The molecule has 2 saturated heterocycles. The van der Waals surface area contributed by atoms with E-state index in [1.165, 1.54) is 0 Å². The molecule has 0 saturated carbocycles. The molecule has 130 valence electrons. The zero-order valence-electron chi connectivity index (χ0n) is 14.5. The molecule has 1 aromatic heterocycles. The minimum Gasteiger partial charge on any atom is -0.341 e. The monoisotopic (exact) mass is 330 g/mol. The molecule has 0 aromatic carbocycles. The van der Waals surface area contributed by atoms with Crippen molar-refractivity contribution in [1.82, 2.24) is 19.7 Å². The first-order valence-electron chi connectivity index (χ1n) is 8.71. The van der Waals surface area contributed by atoms with Gasteiger partial charge in [-0.05, 0) is 32.0 Å². The minimum atomic E-state index is -0.340. The highest BCUT2D eigenvalue weighted by Crippen LogP contribution is 2.27. The van der Waals surface area contributed by atoms with Crippen molar-refractivity contribution in [2.75, 3.05) is 39.8 Å². The number of pyridine rings is 1. The van der Waals surface area contributed by atoms with E-state index < -0.39 is 0 Å². The Morgan fingerprint density at radius 2 is 1.88 bits per heavy atom. The molecule has 2 aliphatic heterocycles. The number of carbonyl (C=O) groups excluding carboxylic acids is 2. The summed E-state index contributed by atoms with van der Waals surface area (Å²) in [7, 11) is 2.01. The third-order valence-corrected chi connectivity index (χ3v) is 5.19. The molecular weight excluding hydrogens is 304 g/mol. The SMILES string of the molecule is CC(=O)N1CCN(C)C[C@H]1C(=O)N1CCC(c2ccccn2)CC1. The number of hydrogen-bond acceptors (Lipinski definition) is 4. The van der Waals surface area contributed by atoms with Gasteiger partial charge in [0.25, 0.3) is 0 Å². The van der Waals surface area contributed by atoms with Gasteiger partial charge in [-0.25, -0.2) is 0 Å². The van der Waals surface area contributed by atoms with Crippen molar-refractivity contribution in [3.63, 3.8) is 0 Å². The fourth-order valence-corrected chi connectivity index (χ4v) is 3.73. The lowest BCUT2D eigenvalue weighted by molar-refractivity contribution is -0.148. The Labute approximate surface area is 143 Å². The van der Waals surface area contributed by atoms with Crippen molar-refractivity contribution in [2.24, 2.45) is 0 Å². The van der Waals surface area contributed by atoms with Gasteiger partial charge in [-0.2, -0.15) is 0 Å². The van der Waals surface area contributed by atoms with Crippen LogP contribution in [0.2, 0.25) is 0 Å². The first kappa shape index (κ1) is 16.9. The molecule has 3 rings (SSSR count). The highest BCUT2D eigenvalue weighted by atomic mass is 16.2. The molecule has 6 nitrogen and oxygen atoms in total. The van der Waals surface area contributed by atoms with E-state index in [1.807, 2.05) is 30.3 Å². The summed E-state index contributed by atoms with van der Waals surface area (Å²) in [5.41, 5.74) is 1.12. The van der Waals surface area contributed by atoms with E-state index in [-0.39, 0.29) is 17.9 Å². The van der Waals surface area contributed by atoms with Crippen molar-refractivity contribution in [3.8, 4) is 0 Å². The topological polar surface area (TPSA) is 56.8 Å². The molecule has 0 spiro atoms. The lowest BCUT2D eigenvalue weighted by atomic mass is 9.92. The maximum absolute atomic E-state index is 12.9. The Balaban J connectivity index is 1.62. The van der Waals surface area contributed by atoms with Crippen LogP contribution in [0.1, 0.15) is 31.4 Å². The van der Waals surface area contributed by atoms with Gasteiger partial charge < -0.3 is 14.7 Å². The Morgan fingerprint density at radius 3 is 2.50 bits per heavy atom. The van der Waals surface area contributed by atoms with Gasteiger partial charge in [0.05, 0.1) is 0 Å². The van der Waals surface area contributed by atoms with Gasteiger partial charge in [-0.3, -0.25) is 14.6 Å². The van der Waals surface area contributed by atoms with Crippen LogP contribution in [-0.2, 0) is 9.59 Å². The third-order valence-electron chi connectivity index (χ3n) is 5.19. The molecule has 6 heteroatoms. The van der Waals surface area contributed by atoms with Crippen LogP contribution in [0.5, 0.6) is 0 Å². The first-order valence-corrected chi connectivity index (χ1v) is 8.71. The number of carbonyl (C=O) groups is 2. The predicted octanol–water partition coefficient (Wildman–Crippen LogP) is 0.950. The lowest BCUT2D eigenvalue weighted by Gasteiger charge is -2.42. The van der Waals surface area contributed by atoms with Crippen LogP contribution >= 0.6 is 0 Å². The van der Waals surface area contributed by atoms with Crippen LogP contribution in [0.4, 0.5) is 0 Å². The van der Waals surface area contributed by atoms with E-state index in [1.54, 1.807) is 11.8 Å². The van der Waals surface area contributed by atoms with Gasteiger partial charge in [-0.15, -0.1) is 0 Å². The summed E-state index contributed by atoms with van der Waals surface area (Å²) >= 11 is 0. The summed E-state index contributed by atoms with van der Waals surface area (Å²) in [6, 6.07) is 5.67. The van der Waals surface area contributed by atoms with E-state index in [4.69, 9.17) is 0 Å². The molecule has 0 aliphatic carbocycles. The van der Waals surface area contributed by atoms with Crippen LogP contribution in [0, 0.1) is 0 Å². The maximum Gasteiger partial charge on any atom is 0.246 e. The van der Waals surface area contributed by atoms with Gasteiger partial charge >= 0.3 is 0 Å². The molecule has 24 heavy (non-hydrogen) atoms. The van der Waals surface area contributed by atoms with Crippen molar-refractivity contribution < 1.29 is 9.59 Å². The number of aromatic nitrogens is 1. The smallest absolute Gasteiger partial charge is 0.246 e. The molecule has 0 N–H and O–H groups in total. The molecule has 2 fully saturated rings. The second kappa shape index (κ2) is 7.30. The number of piperidine rings is 1. The third kappa shape index (κ3) is 3.59. The average Bonchev–Trinajstić information content (AvgIpc) is 2.61. The van der Waals surface area contributed by atoms with Crippen LogP contribution in [-0.4, -0.2) is 77.3 Å². The standard InChI is InChI=1S/C18H26N4O2/c1-14(23)22-12-11-20(2)13-17(22)18(24)21-9-6-15(7-10-21)16-5-3-4-8-19-16/h3-5,8,15,17H,6-7,9-13H2,1-2H3/t17-/m0/s1. The van der Waals surface area contributed by atoms with Gasteiger partial charge in [0.15, 0.2) is 0 Å². The van der Waals surface area contributed by atoms with Gasteiger partial charge in [0.1, 0.15) is 6.04 Å². The Kier molecular flexibility index (Phi) is 5.14. The summed E-state index contributed by atoms with van der Waals surface area (Å²) in [5.74, 6) is 0.509. The number of piperazine rings is 1.